The Morgan fingerprint density at radius 3 is 3.15 bits per heavy atom. The predicted octanol–water partition coefficient (Wildman–Crippen LogP) is 3.15. The molecule has 1 atom stereocenters. The SMILES string of the molecule is CC(C)N1CCCC(COc2cccc3c2NCC3)C1. The summed E-state index contributed by atoms with van der Waals surface area (Å²) in [5.41, 5.74) is 2.62. The quantitative estimate of drug-likeness (QED) is 0.913. The molecule has 1 N–H and O–H groups in total. The molecule has 1 aromatic carbocycles. The van der Waals surface area contributed by atoms with Crippen LogP contribution in [-0.2, 0) is 6.42 Å². The number of anilines is 1. The van der Waals surface area contributed by atoms with Crippen LogP contribution in [0.4, 0.5) is 5.69 Å². The first-order valence-electron chi connectivity index (χ1n) is 7.96. The molecule has 0 aromatic heterocycles. The van der Waals surface area contributed by atoms with Crippen LogP contribution < -0.4 is 10.1 Å². The van der Waals surface area contributed by atoms with Crippen molar-refractivity contribution in [1.29, 1.82) is 0 Å². The minimum atomic E-state index is 0.653. The lowest BCUT2D eigenvalue weighted by Gasteiger charge is -2.35. The molecule has 1 saturated heterocycles. The molecule has 20 heavy (non-hydrogen) atoms. The molecular weight excluding hydrogens is 248 g/mol. The zero-order valence-corrected chi connectivity index (χ0v) is 12.7. The molecule has 110 valence electrons. The highest BCUT2D eigenvalue weighted by atomic mass is 16.5. The Morgan fingerprint density at radius 2 is 2.30 bits per heavy atom. The third kappa shape index (κ3) is 2.93. The van der Waals surface area contributed by atoms with Crippen molar-refractivity contribution in [3.05, 3.63) is 23.8 Å². The van der Waals surface area contributed by atoms with Crippen LogP contribution in [0, 0.1) is 5.92 Å². The fraction of sp³-hybridized carbons (Fsp3) is 0.647. The highest BCUT2D eigenvalue weighted by molar-refractivity contribution is 5.65. The highest BCUT2D eigenvalue weighted by Crippen LogP contribution is 2.33. The standard InChI is InChI=1S/C17H26N2O/c1-13(2)19-10-4-5-14(11-19)12-20-16-7-3-6-15-8-9-18-17(15)16/h3,6-7,13-14,18H,4-5,8-12H2,1-2H3. The molecule has 0 spiro atoms. The number of nitrogens with zero attached hydrogens (tertiary/aromatic N) is 1. The molecule has 0 amide bonds. The molecule has 2 aliphatic heterocycles. The van der Waals surface area contributed by atoms with E-state index in [9.17, 15) is 0 Å². The van der Waals surface area contributed by atoms with Crippen molar-refractivity contribution >= 4 is 5.69 Å². The van der Waals surface area contributed by atoms with E-state index in [1.807, 2.05) is 0 Å². The van der Waals surface area contributed by atoms with E-state index in [4.69, 9.17) is 4.74 Å². The van der Waals surface area contributed by atoms with Gasteiger partial charge in [-0.3, -0.25) is 0 Å². The maximum Gasteiger partial charge on any atom is 0.142 e. The first-order chi connectivity index (χ1) is 9.74. The van der Waals surface area contributed by atoms with Crippen LogP contribution in [-0.4, -0.2) is 37.2 Å². The summed E-state index contributed by atoms with van der Waals surface area (Å²) in [6.07, 6.45) is 3.72. The molecule has 0 radical (unpaired) electrons. The van der Waals surface area contributed by atoms with Crippen molar-refractivity contribution in [2.24, 2.45) is 5.92 Å². The number of rotatable bonds is 4. The molecule has 2 heterocycles. The summed E-state index contributed by atoms with van der Waals surface area (Å²) in [6, 6.07) is 7.06. The second kappa shape index (κ2) is 6.04. The van der Waals surface area contributed by atoms with Gasteiger partial charge >= 0.3 is 0 Å². The number of nitrogens with one attached hydrogen (secondary N) is 1. The van der Waals surface area contributed by atoms with Gasteiger partial charge in [-0.25, -0.2) is 0 Å². The first-order valence-corrected chi connectivity index (χ1v) is 7.96. The van der Waals surface area contributed by atoms with Crippen LogP contribution in [0.5, 0.6) is 5.75 Å². The molecule has 1 aromatic rings. The van der Waals surface area contributed by atoms with Gasteiger partial charge in [-0.2, -0.15) is 0 Å². The van der Waals surface area contributed by atoms with E-state index >= 15 is 0 Å². The van der Waals surface area contributed by atoms with Gasteiger partial charge in [0.15, 0.2) is 0 Å². The van der Waals surface area contributed by atoms with E-state index in [0.717, 1.165) is 25.3 Å². The third-order valence-electron chi connectivity index (χ3n) is 4.56. The molecular formula is C17H26N2O. The lowest BCUT2D eigenvalue weighted by atomic mass is 9.98. The monoisotopic (exact) mass is 274 g/mol. The number of hydrogen-bond acceptors (Lipinski definition) is 3. The van der Waals surface area contributed by atoms with Crippen LogP contribution in [0.15, 0.2) is 18.2 Å². The maximum atomic E-state index is 6.13. The first kappa shape index (κ1) is 13.7. The number of ether oxygens (including phenoxy) is 1. The van der Waals surface area contributed by atoms with Crippen LogP contribution in [0.25, 0.3) is 0 Å². The van der Waals surface area contributed by atoms with Gasteiger partial charge in [0.25, 0.3) is 0 Å². The minimum absolute atomic E-state index is 0.653. The van der Waals surface area contributed by atoms with Gasteiger partial charge in [0.05, 0.1) is 12.3 Å². The molecule has 3 nitrogen and oxygen atoms in total. The topological polar surface area (TPSA) is 24.5 Å². The summed E-state index contributed by atoms with van der Waals surface area (Å²) in [6.45, 7) is 8.90. The predicted molar refractivity (Wildman–Crippen MR) is 83.6 cm³/mol. The van der Waals surface area contributed by atoms with Gasteiger partial charge in [-0.15, -0.1) is 0 Å². The number of piperidine rings is 1. The molecule has 2 aliphatic rings. The third-order valence-corrected chi connectivity index (χ3v) is 4.56. The van der Waals surface area contributed by atoms with Crippen LogP contribution in [0.2, 0.25) is 0 Å². The Bertz CT molecular complexity index is 458. The van der Waals surface area contributed by atoms with Gasteiger partial charge in [0.1, 0.15) is 5.75 Å². The minimum Gasteiger partial charge on any atom is -0.491 e. The van der Waals surface area contributed by atoms with Crippen molar-refractivity contribution in [1.82, 2.24) is 4.90 Å². The average Bonchev–Trinajstić information content (AvgIpc) is 2.94. The number of benzene rings is 1. The van der Waals surface area contributed by atoms with Gasteiger partial charge in [-0.05, 0) is 51.3 Å². The van der Waals surface area contributed by atoms with E-state index < -0.39 is 0 Å². The van der Waals surface area contributed by atoms with Gasteiger partial charge in [-0.1, -0.05) is 12.1 Å². The van der Waals surface area contributed by atoms with E-state index in [2.05, 4.69) is 42.3 Å². The molecule has 0 aliphatic carbocycles. The fourth-order valence-electron chi connectivity index (χ4n) is 3.34. The van der Waals surface area contributed by atoms with Crippen LogP contribution in [0.1, 0.15) is 32.3 Å². The van der Waals surface area contributed by atoms with E-state index in [1.165, 1.54) is 37.2 Å². The number of hydrogen-bond donors (Lipinski definition) is 1. The zero-order valence-electron chi connectivity index (χ0n) is 12.7. The van der Waals surface area contributed by atoms with E-state index in [-0.39, 0.29) is 0 Å². The molecule has 1 unspecified atom stereocenters. The van der Waals surface area contributed by atoms with Gasteiger partial charge < -0.3 is 15.0 Å². The van der Waals surface area contributed by atoms with Crippen molar-refractivity contribution in [2.75, 3.05) is 31.6 Å². The number of fused-ring (bicyclic) bond motifs is 1. The Balaban J connectivity index is 1.58. The largest absolute Gasteiger partial charge is 0.491 e. The molecule has 0 saturated carbocycles. The van der Waals surface area contributed by atoms with Gasteiger partial charge in [0.2, 0.25) is 0 Å². The molecule has 3 rings (SSSR count). The molecule has 1 fully saturated rings. The maximum absolute atomic E-state index is 6.13. The summed E-state index contributed by atoms with van der Waals surface area (Å²) < 4.78 is 6.13. The van der Waals surface area contributed by atoms with E-state index in [1.54, 1.807) is 0 Å². The van der Waals surface area contributed by atoms with Crippen molar-refractivity contribution in [3.8, 4) is 5.75 Å². The lowest BCUT2D eigenvalue weighted by Crippen LogP contribution is -2.41. The average molecular weight is 274 g/mol. The Kier molecular flexibility index (Phi) is 4.16. The fourth-order valence-corrected chi connectivity index (χ4v) is 3.34. The highest BCUT2D eigenvalue weighted by Gasteiger charge is 2.23. The molecule has 3 heteroatoms. The Hall–Kier alpha value is -1.22. The second-order valence-corrected chi connectivity index (χ2v) is 6.37. The van der Waals surface area contributed by atoms with Crippen molar-refractivity contribution in [2.45, 2.75) is 39.2 Å². The summed E-state index contributed by atoms with van der Waals surface area (Å²) in [5.74, 6) is 1.71. The van der Waals surface area contributed by atoms with Crippen LogP contribution >= 0.6 is 0 Å². The van der Waals surface area contributed by atoms with Crippen molar-refractivity contribution in [3.63, 3.8) is 0 Å². The zero-order chi connectivity index (χ0) is 13.9. The Labute approximate surface area is 122 Å². The van der Waals surface area contributed by atoms with Gasteiger partial charge in [0, 0.05) is 25.0 Å². The summed E-state index contributed by atoms with van der Waals surface area (Å²) in [4.78, 5) is 2.57. The summed E-state index contributed by atoms with van der Waals surface area (Å²) in [7, 11) is 0. The Morgan fingerprint density at radius 1 is 1.40 bits per heavy atom. The van der Waals surface area contributed by atoms with Crippen molar-refractivity contribution < 1.29 is 4.74 Å². The number of likely N-dealkylation sites (tertiary alicyclic amines) is 1. The number of para-hydroxylation sites is 1. The normalized spacial score (nSPS) is 22.6. The molecule has 0 bridgehead atoms. The summed E-state index contributed by atoms with van der Waals surface area (Å²) >= 11 is 0. The summed E-state index contributed by atoms with van der Waals surface area (Å²) in [5, 5.41) is 3.45. The van der Waals surface area contributed by atoms with Crippen LogP contribution in [0.3, 0.4) is 0 Å². The smallest absolute Gasteiger partial charge is 0.142 e. The van der Waals surface area contributed by atoms with E-state index in [0.29, 0.717) is 12.0 Å². The second-order valence-electron chi connectivity index (χ2n) is 6.37. The lowest BCUT2D eigenvalue weighted by molar-refractivity contribution is 0.107.